The smallest absolute Gasteiger partial charge is 0.335 e. The Labute approximate surface area is 96.9 Å². The summed E-state index contributed by atoms with van der Waals surface area (Å²) in [7, 11) is 0. The third-order valence-electron chi connectivity index (χ3n) is 2.83. The van der Waals surface area contributed by atoms with Gasteiger partial charge in [-0.05, 0) is 37.3 Å². The van der Waals surface area contributed by atoms with Crippen molar-refractivity contribution in [3.05, 3.63) is 41.6 Å². The number of carboxylic acids is 1. The Morgan fingerprint density at radius 2 is 2.06 bits per heavy atom. The highest BCUT2D eigenvalue weighted by Gasteiger charge is 2.09. The first-order valence-electron chi connectivity index (χ1n) is 5.27. The molecule has 4 nitrogen and oxygen atoms in total. The molecule has 0 spiro atoms. The summed E-state index contributed by atoms with van der Waals surface area (Å²) in [5, 5.41) is 9.89. The molecular formula is C13H10N2O2. The monoisotopic (exact) mass is 226 g/mol. The van der Waals surface area contributed by atoms with Crippen LogP contribution in [0.4, 0.5) is 0 Å². The molecule has 0 radical (unpaired) electrons. The molecule has 2 N–H and O–H groups in total. The lowest BCUT2D eigenvalue weighted by atomic mass is 10.1. The Hall–Kier alpha value is -2.36. The van der Waals surface area contributed by atoms with Crippen molar-refractivity contribution in [1.82, 2.24) is 9.97 Å². The number of carboxylic acid groups (broad SMARTS) is 1. The van der Waals surface area contributed by atoms with Gasteiger partial charge in [0.15, 0.2) is 0 Å². The first-order chi connectivity index (χ1) is 8.15. The van der Waals surface area contributed by atoms with Crippen molar-refractivity contribution in [3.8, 4) is 0 Å². The van der Waals surface area contributed by atoms with E-state index < -0.39 is 5.97 Å². The third-order valence-corrected chi connectivity index (χ3v) is 2.83. The molecule has 0 aliphatic carbocycles. The van der Waals surface area contributed by atoms with Crippen molar-refractivity contribution in [1.29, 1.82) is 0 Å². The summed E-state index contributed by atoms with van der Waals surface area (Å²) in [5.41, 5.74) is 3.84. The van der Waals surface area contributed by atoms with Crippen LogP contribution in [0, 0.1) is 6.92 Å². The number of carbonyl (C=O) groups is 1. The van der Waals surface area contributed by atoms with Crippen molar-refractivity contribution >= 4 is 27.9 Å². The van der Waals surface area contributed by atoms with E-state index in [1.54, 1.807) is 18.2 Å². The van der Waals surface area contributed by atoms with Crippen LogP contribution in [0.15, 0.2) is 30.3 Å². The predicted molar refractivity (Wildman–Crippen MR) is 65.3 cm³/mol. The van der Waals surface area contributed by atoms with Gasteiger partial charge in [0.05, 0.1) is 16.6 Å². The Kier molecular flexibility index (Phi) is 1.92. The van der Waals surface area contributed by atoms with Gasteiger partial charge in [0.1, 0.15) is 0 Å². The zero-order chi connectivity index (χ0) is 12.0. The van der Waals surface area contributed by atoms with Gasteiger partial charge in [0.25, 0.3) is 0 Å². The highest BCUT2D eigenvalue weighted by atomic mass is 16.4. The van der Waals surface area contributed by atoms with E-state index in [4.69, 9.17) is 5.11 Å². The number of aryl methyl sites for hydroxylation is 1. The SMILES string of the molecule is Cc1ccc2[nH]c3cc(C(=O)O)ccc3c2n1. The van der Waals surface area contributed by atoms with E-state index in [1.807, 2.05) is 19.1 Å². The molecule has 1 aromatic carbocycles. The number of nitrogens with one attached hydrogen (secondary N) is 1. The lowest BCUT2D eigenvalue weighted by molar-refractivity contribution is 0.0697. The number of aromatic amines is 1. The first-order valence-corrected chi connectivity index (χ1v) is 5.27. The molecule has 0 aliphatic heterocycles. The number of benzene rings is 1. The molecule has 0 fully saturated rings. The Morgan fingerprint density at radius 3 is 2.82 bits per heavy atom. The molecule has 17 heavy (non-hydrogen) atoms. The molecule has 2 heterocycles. The van der Waals surface area contributed by atoms with Gasteiger partial charge in [-0.15, -0.1) is 0 Å². The number of aromatic nitrogens is 2. The molecule has 0 atom stereocenters. The third kappa shape index (κ3) is 1.45. The van der Waals surface area contributed by atoms with E-state index in [2.05, 4.69) is 9.97 Å². The van der Waals surface area contributed by atoms with Crippen molar-refractivity contribution in [2.24, 2.45) is 0 Å². The molecule has 0 saturated heterocycles. The zero-order valence-electron chi connectivity index (χ0n) is 9.19. The summed E-state index contributed by atoms with van der Waals surface area (Å²) in [6.07, 6.45) is 0. The number of nitrogens with zero attached hydrogens (tertiary/aromatic N) is 1. The van der Waals surface area contributed by atoms with Crippen LogP contribution in [0.5, 0.6) is 0 Å². The van der Waals surface area contributed by atoms with Crippen LogP contribution in [-0.2, 0) is 0 Å². The first kappa shape index (κ1) is 9.84. The van der Waals surface area contributed by atoms with Crippen LogP contribution in [0.3, 0.4) is 0 Å². The molecule has 84 valence electrons. The van der Waals surface area contributed by atoms with Gasteiger partial charge in [-0.25, -0.2) is 4.79 Å². The molecule has 0 unspecified atom stereocenters. The number of rotatable bonds is 1. The van der Waals surface area contributed by atoms with Gasteiger partial charge in [-0.3, -0.25) is 4.98 Å². The van der Waals surface area contributed by atoms with E-state index in [0.717, 1.165) is 27.6 Å². The summed E-state index contributed by atoms with van der Waals surface area (Å²) in [5.74, 6) is -0.922. The molecule has 2 aromatic heterocycles. The molecule has 3 rings (SSSR count). The number of fused-ring (bicyclic) bond motifs is 3. The van der Waals surface area contributed by atoms with Gasteiger partial charge in [0, 0.05) is 16.6 Å². The second kappa shape index (κ2) is 3.31. The lowest BCUT2D eigenvalue weighted by Gasteiger charge is -1.94. The standard InChI is InChI=1S/C13H10N2O2/c1-7-2-5-10-12(14-7)9-4-3-8(13(16)17)6-11(9)15-10/h2-6,15H,1H3,(H,16,17). The molecule has 0 aliphatic rings. The fourth-order valence-electron chi connectivity index (χ4n) is 2.00. The molecule has 0 bridgehead atoms. The molecule has 0 amide bonds. The van der Waals surface area contributed by atoms with E-state index >= 15 is 0 Å². The zero-order valence-corrected chi connectivity index (χ0v) is 9.19. The second-order valence-electron chi connectivity index (χ2n) is 4.04. The van der Waals surface area contributed by atoms with Gasteiger partial charge >= 0.3 is 5.97 Å². The van der Waals surface area contributed by atoms with E-state index in [-0.39, 0.29) is 5.56 Å². The Bertz CT molecular complexity index is 744. The van der Waals surface area contributed by atoms with Crippen molar-refractivity contribution in [3.63, 3.8) is 0 Å². The van der Waals surface area contributed by atoms with Crippen LogP contribution in [0.1, 0.15) is 16.1 Å². The number of hydrogen-bond acceptors (Lipinski definition) is 2. The average molecular weight is 226 g/mol. The quantitative estimate of drug-likeness (QED) is 0.670. The van der Waals surface area contributed by atoms with E-state index in [9.17, 15) is 4.79 Å². The maximum atomic E-state index is 10.9. The van der Waals surface area contributed by atoms with Crippen LogP contribution in [0.2, 0.25) is 0 Å². The summed E-state index contributed by atoms with van der Waals surface area (Å²) in [6, 6.07) is 8.91. The topological polar surface area (TPSA) is 66.0 Å². The predicted octanol–water partition coefficient (Wildman–Crippen LogP) is 2.72. The van der Waals surface area contributed by atoms with Crippen molar-refractivity contribution in [2.75, 3.05) is 0 Å². The largest absolute Gasteiger partial charge is 0.478 e. The Morgan fingerprint density at radius 1 is 1.24 bits per heavy atom. The second-order valence-corrected chi connectivity index (χ2v) is 4.04. The minimum absolute atomic E-state index is 0.278. The summed E-state index contributed by atoms with van der Waals surface area (Å²) in [4.78, 5) is 18.5. The maximum absolute atomic E-state index is 10.9. The molecule has 3 aromatic rings. The van der Waals surface area contributed by atoms with Gasteiger partial charge in [-0.1, -0.05) is 0 Å². The van der Waals surface area contributed by atoms with Gasteiger partial charge in [0.2, 0.25) is 0 Å². The summed E-state index contributed by atoms with van der Waals surface area (Å²) >= 11 is 0. The minimum atomic E-state index is -0.922. The summed E-state index contributed by atoms with van der Waals surface area (Å²) in [6.45, 7) is 1.93. The molecule has 0 saturated carbocycles. The van der Waals surface area contributed by atoms with Gasteiger partial charge in [-0.2, -0.15) is 0 Å². The van der Waals surface area contributed by atoms with Crippen LogP contribution < -0.4 is 0 Å². The van der Waals surface area contributed by atoms with E-state index in [1.165, 1.54) is 0 Å². The van der Waals surface area contributed by atoms with Crippen LogP contribution >= 0.6 is 0 Å². The van der Waals surface area contributed by atoms with E-state index in [0.29, 0.717) is 0 Å². The fourth-order valence-corrected chi connectivity index (χ4v) is 2.00. The fraction of sp³-hybridized carbons (Fsp3) is 0.0769. The number of H-pyrrole nitrogens is 1. The highest BCUT2D eigenvalue weighted by molar-refractivity contribution is 6.06. The number of pyridine rings is 1. The lowest BCUT2D eigenvalue weighted by Crippen LogP contribution is -1.94. The minimum Gasteiger partial charge on any atom is -0.478 e. The maximum Gasteiger partial charge on any atom is 0.335 e. The van der Waals surface area contributed by atoms with Gasteiger partial charge < -0.3 is 10.1 Å². The summed E-state index contributed by atoms with van der Waals surface area (Å²) < 4.78 is 0. The molecule has 4 heteroatoms. The van der Waals surface area contributed by atoms with Crippen molar-refractivity contribution in [2.45, 2.75) is 6.92 Å². The number of hydrogen-bond donors (Lipinski definition) is 2. The average Bonchev–Trinajstić information content (AvgIpc) is 2.66. The highest BCUT2D eigenvalue weighted by Crippen LogP contribution is 2.24. The van der Waals surface area contributed by atoms with Crippen LogP contribution in [0.25, 0.3) is 21.9 Å². The van der Waals surface area contributed by atoms with Crippen LogP contribution in [-0.4, -0.2) is 21.0 Å². The molecular weight excluding hydrogens is 216 g/mol. The normalized spacial score (nSPS) is 11.1. The Balaban J connectivity index is 2.39. The van der Waals surface area contributed by atoms with Crippen molar-refractivity contribution < 1.29 is 9.90 Å². The number of aromatic carboxylic acids is 1.